The maximum atomic E-state index is 8.54. The molecule has 74 valence electrons. The number of aromatic nitrogens is 2. The number of hydrogen-bond donors (Lipinski definition) is 1. The predicted octanol–water partition coefficient (Wildman–Crippen LogP) is 0.874. The number of nitrogens with zero attached hydrogens (tertiary/aromatic N) is 3. The molecule has 0 bridgehead atoms. The van der Waals surface area contributed by atoms with Crippen molar-refractivity contribution in [2.24, 2.45) is 0 Å². The molecular weight excluding hydrogens is 176 g/mol. The normalized spacial score (nSPS) is 17.9. The monoisotopic (exact) mass is 190 g/mol. The van der Waals surface area contributed by atoms with Crippen LogP contribution in [0.3, 0.4) is 0 Å². The van der Waals surface area contributed by atoms with Crippen LogP contribution in [0.2, 0.25) is 0 Å². The summed E-state index contributed by atoms with van der Waals surface area (Å²) in [5.41, 5.74) is 1.02. The predicted molar refractivity (Wildman–Crippen MR) is 52.7 cm³/mol. The van der Waals surface area contributed by atoms with E-state index < -0.39 is 0 Å². The van der Waals surface area contributed by atoms with Crippen LogP contribution in [0.15, 0.2) is 12.4 Å². The Hall–Kier alpha value is -1.34. The molecule has 1 aromatic rings. The zero-order valence-electron chi connectivity index (χ0n) is 8.11. The molecule has 0 radical (unpaired) electrons. The number of piperidine rings is 1. The Bertz CT molecular complexity index is 330. The van der Waals surface area contributed by atoms with E-state index in [9.17, 15) is 0 Å². The first-order chi connectivity index (χ1) is 6.90. The summed E-state index contributed by atoms with van der Waals surface area (Å²) in [5, 5.41) is 16.2. The third-order valence-electron chi connectivity index (χ3n) is 2.62. The fourth-order valence-corrected chi connectivity index (χ4v) is 1.83. The zero-order chi connectivity index (χ0) is 9.80. The van der Waals surface area contributed by atoms with E-state index in [0.717, 1.165) is 31.5 Å². The van der Waals surface area contributed by atoms with Crippen LogP contribution in [0.25, 0.3) is 0 Å². The van der Waals surface area contributed by atoms with Crippen molar-refractivity contribution in [2.45, 2.75) is 25.3 Å². The molecule has 1 aliphatic heterocycles. The molecule has 1 aliphatic rings. The Morgan fingerprint density at radius 2 is 2.36 bits per heavy atom. The summed E-state index contributed by atoms with van der Waals surface area (Å²) < 4.78 is 2.01. The van der Waals surface area contributed by atoms with Crippen LogP contribution in [0, 0.1) is 11.3 Å². The van der Waals surface area contributed by atoms with Gasteiger partial charge in [0.25, 0.3) is 0 Å². The summed E-state index contributed by atoms with van der Waals surface area (Å²) in [7, 11) is 0. The van der Waals surface area contributed by atoms with Crippen LogP contribution in [0.5, 0.6) is 0 Å². The smallest absolute Gasteiger partial charge is 0.0670 e. The Kier molecular flexibility index (Phi) is 2.80. The van der Waals surface area contributed by atoms with E-state index in [1.54, 1.807) is 6.20 Å². The molecule has 0 saturated carbocycles. The molecule has 0 amide bonds. The summed E-state index contributed by atoms with van der Waals surface area (Å²) in [4.78, 5) is 0. The second-order valence-electron chi connectivity index (χ2n) is 3.64. The van der Waals surface area contributed by atoms with Crippen LogP contribution >= 0.6 is 0 Å². The van der Waals surface area contributed by atoms with Gasteiger partial charge >= 0.3 is 0 Å². The third kappa shape index (κ3) is 1.94. The lowest BCUT2D eigenvalue weighted by Crippen LogP contribution is -2.29. The molecule has 4 nitrogen and oxygen atoms in total. The Balaban J connectivity index is 2.04. The summed E-state index contributed by atoms with van der Waals surface area (Å²) in [6.07, 6.45) is 6.52. The van der Waals surface area contributed by atoms with Crippen molar-refractivity contribution in [3.8, 4) is 6.07 Å². The number of nitrogens with one attached hydrogen (secondary N) is 1. The van der Waals surface area contributed by atoms with E-state index in [4.69, 9.17) is 5.26 Å². The number of hydrogen-bond acceptors (Lipinski definition) is 3. The zero-order valence-corrected chi connectivity index (χ0v) is 8.11. The van der Waals surface area contributed by atoms with Gasteiger partial charge in [-0.15, -0.1) is 0 Å². The van der Waals surface area contributed by atoms with E-state index in [-0.39, 0.29) is 0 Å². The molecule has 0 atom stereocenters. The minimum Gasteiger partial charge on any atom is -0.317 e. The highest BCUT2D eigenvalue weighted by atomic mass is 15.3. The van der Waals surface area contributed by atoms with E-state index in [0.29, 0.717) is 12.5 Å². The Morgan fingerprint density at radius 1 is 1.57 bits per heavy atom. The summed E-state index contributed by atoms with van der Waals surface area (Å²) >= 11 is 0. The van der Waals surface area contributed by atoms with Gasteiger partial charge in [-0.1, -0.05) is 0 Å². The van der Waals surface area contributed by atoms with Crippen LogP contribution in [0.4, 0.5) is 0 Å². The van der Waals surface area contributed by atoms with Crippen LogP contribution in [-0.2, 0) is 6.42 Å². The van der Waals surface area contributed by atoms with E-state index in [1.807, 2.05) is 10.9 Å². The minimum atomic E-state index is 0.463. The molecule has 2 heterocycles. The van der Waals surface area contributed by atoms with Crippen molar-refractivity contribution in [3.63, 3.8) is 0 Å². The highest BCUT2D eigenvalue weighted by Crippen LogP contribution is 2.17. The van der Waals surface area contributed by atoms with Gasteiger partial charge in [0, 0.05) is 11.8 Å². The number of nitriles is 1. The molecule has 0 spiro atoms. The molecule has 0 aromatic carbocycles. The van der Waals surface area contributed by atoms with Crippen molar-refractivity contribution in [2.75, 3.05) is 13.1 Å². The topological polar surface area (TPSA) is 53.6 Å². The van der Waals surface area contributed by atoms with Crippen molar-refractivity contribution >= 4 is 0 Å². The highest BCUT2D eigenvalue weighted by molar-refractivity contribution is 5.09. The second-order valence-corrected chi connectivity index (χ2v) is 3.64. The molecule has 2 rings (SSSR count). The fraction of sp³-hybridized carbons (Fsp3) is 0.600. The summed E-state index contributed by atoms with van der Waals surface area (Å²) in [5.74, 6) is 0. The van der Waals surface area contributed by atoms with Gasteiger partial charge in [-0.25, -0.2) is 0 Å². The van der Waals surface area contributed by atoms with Crippen LogP contribution < -0.4 is 5.32 Å². The first kappa shape index (κ1) is 9.22. The molecule has 1 fully saturated rings. The number of rotatable bonds is 2. The molecule has 1 saturated heterocycles. The van der Waals surface area contributed by atoms with Gasteiger partial charge in [0.2, 0.25) is 0 Å². The third-order valence-corrected chi connectivity index (χ3v) is 2.62. The first-order valence-corrected chi connectivity index (χ1v) is 5.01. The average molecular weight is 190 g/mol. The average Bonchev–Trinajstić information content (AvgIpc) is 2.68. The second kappa shape index (κ2) is 4.25. The molecule has 1 N–H and O–H groups in total. The highest BCUT2D eigenvalue weighted by Gasteiger charge is 2.15. The molecule has 14 heavy (non-hydrogen) atoms. The van der Waals surface area contributed by atoms with Crippen LogP contribution in [0.1, 0.15) is 24.4 Å². The standard InChI is InChI=1S/C10H14N4/c11-4-1-9-7-13-14(8-9)10-2-5-12-6-3-10/h7-8,10,12H,1-3,5-6H2. The van der Waals surface area contributed by atoms with Crippen molar-refractivity contribution in [1.29, 1.82) is 5.26 Å². The molecule has 4 heteroatoms. The first-order valence-electron chi connectivity index (χ1n) is 5.01. The molecule has 1 aromatic heterocycles. The minimum absolute atomic E-state index is 0.463. The van der Waals surface area contributed by atoms with Crippen molar-refractivity contribution < 1.29 is 0 Å². The maximum Gasteiger partial charge on any atom is 0.0670 e. The van der Waals surface area contributed by atoms with Gasteiger partial charge in [-0.05, 0) is 25.9 Å². The van der Waals surface area contributed by atoms with Crippen LogP contribution in [-0.4, -0.2) is 22.9 Å². The molecule has 0 unspecified atom stereocenters. The lowest BCUT2D eigenvalue weighted by molar-refractivity contribution is 0.343. The fourth-order valence-electron chi connectivity index (χ4n) is 1.83. The van der Waals surface area contributed by atoms with Crippen molar-refractivity contribution in [1.82, 2.24) is 15.1 Å². The van der Waals surface area contributed by atoms with Gasteiger partial charge in [0.15, 0.2) is 0 Å². The largest absolute Gasteiger partial charge is 0.317 e. The van der Waals surface area contributed by atoms with E-state index in [1.165, 1.54) is 0 Å². The summed E-state index contributed by atoms with van der Waals surface area (Å²) in [6, 6.07) is 2.65. The van der Waals surface area contributed by atoms with Gasteiger partial charge < -0.3 is 5.32 Å². The lowest BCUT2D eigenvalue weighted by atomic mass is 10.1. The summed E-state index contributed by atoms with van der Waals surface area (Å²) in [6.45, 7) is 2.14. The maximum absolute atomic E-state index is 8.54. The quantitative estimate of drug-likeness (QED) is 0.753. The molecular formula is C10H14N4. The lowest BCUT2D eigenvalue weighted by Gasteiger charge is -2.22. The van der Waals surface area contributed by atoms with Gasteiger partial charge in [0.05, 0.1) is 24.7 Å². The SMILES string of the molecule is N#CCc1cnn(C2CCNCC2)c1. The Labute approximate surface area is 83.5 Å². The Morgan fingerprint density at radius 3 is 3.07 bits per heavy atom. The van der Waals surface area contributed by atoms with Gasteiger partial charge in [-0.2, -0.15) is 10.4 Å². The van der Waals surface area contributed by atoms with E-state index >= 15 is 0 Å². The van der Waals surface area contributed by atoms with E-state index in [2.05, 4.69) is 16.5 Å². The van der Waals surface area contributed by atoms with Gasteiger partial charge in [0.1, 0.15) is 0 Å². The van der Waals surface area contributed by atoms with Crippen molar-refractivity contribution in [3.05, 3.63) is 18.0 Å². The van der Waals surface area contributed by atoms with Gasteiger partial charge in [-0.3, -0.25) is 4.68 Å². The molecule has 0 aliphatic carbocycles.